The third-order valence-electron chi connectivity index (χ3n) is 5.33. The van der Waals surface area contributed by atoms with Crippen LogP contribution in [0.25, 0.3) is 0 Å². The van der Waals surface area contributed by atoms with Gasteiger partial charge >= 0.3 is 0 Å². The number of primary amides is 1. The van der Waals surface area contributed by atoms with Crippen LogP contribution in [-0.4, -0.2) is 36.1 Å². The second-order valence-corrected chi connectivity index (χ2v) is 8.52. The number of nitrogens with one attached hydrogen (secondary N) is 1. The van der Waals surface area contributed by atoms with Crippen molar-refractivity contribution in [3.05, 3.63) is 53.4 Å². The number of aromatic nitrogens is 1. The molecule has 1 aromatic heterocycles. The molecule has 7 nitrogen and oxygen atoms in total. The molecule has 0 unspecified atom stereocenters. The smallest absolute Gasteiger partial charge is 0.267 e. The molecule has 3 rings (SSSR count). The van der Waals surface area contributed by atoms with E-state index in [-0.39, 0.29) is 23.0 Å². The Morgan fingerprint density at radius 3 is 2.58 bits per heavy atom. The molecule has 0 bridgehead atoms. The van der Waals surface area contributed by atoms with Crippen LogP contribution in [0.3, 0.4) is 0 Å². The number of ether oxygens (including phenoxy) is 2. The molecule has 1 fully saturated rings. The van der Waals surface area contributed by atoms with Gasteiger partial charge in [-0.25, -0.2) is 4.39 Å². The highest BCUT2D eigenvalue weighted by atomic mass is 19.2. The second-order valence-electron chi connectivity index (χ2n) is 8.52. The minimum atomic E-state index is -1.11. The van der Waals surface area contributed by atoms with Gasteiger partial charge in [0.25, 0.3) is 11.8 Å². The summed E-state index contributed by atoms with van der Waals surface area (Å²) in [5, 5.41) is 2.69. The Hall–Kier alpha value is -3.07. The standard InChI is InChI=1S/C22H25F2N3O4/c1-22(2,3)16-10-13(12-5-6-14(23)17(24)18(12)30-4)19(31-16)21(29)27-11-7-8-26-15(9-11)20(25)28/h5-9,13,16,19H,10H2,1-4H3,(H2,25,28)(H,26,27,29)/t13-,16+,19-/m0/s1. The van der Waals surface area contributed by atoms with Gasteiger partial charge in [-0.1, -0.05) is 26.8 Å². The lowest BCUT2D eigenvalue weighted by molar-refractivity contribution is -0.129. The molecule has 166 valence electrons. The summed E-state index contributed by atoms with van der Waals surface area (Å²) in [5.41, 5.74) is 5.60. The van der Waals surface area contributed by atoms with Gasteiger partial charge in [-0.3, -0.25) is 14.6 Å². The summed E-state index contributed by atoms with van der Waals surface area (Å²) in [7, 11) is 1.25. The number of nitrogens with two attached hydrogens (primary N) is 1. The first-order chi connectivity index (χ1) is 14.5. The lowest BCUT2D eigenvalue weighted by atomic mass is 9.82. The Labute approximate surface area is 178 Å². The molecule has 1 aliphatic rings. The van der Waals surface area contributed by atoms with E-state index >= 15 is 0 Å². The van der Waals surface area contributed by atoms with Crippen molar-refractivity contribution in [1.29, 1.82) is 0 Å². The van der Waals surface area contributed by atoms with Gasteiger partial charge in [-0.2, -0.15) is 4.39 Å². The molecule has 2 amide bonds. The molecular weight excluding hydrogens is 408 g/mol. The largest absolute Gasteiger partial charge is 0.493 e. The minimum Gasteiger partial charge on any atom is -0.493 e. The zero-order valence-electron chi connectivity index (χ0n) is 17.7. The van der Waals surface area contributed by atoms with Crippen molar-refractivity contribution in [3.8, 4) is 5.75 Å². The fourth-order valence-electron chi connectivity index (χ4n) is 3.68. The maximum absolute atomic E-state index is 14.4. The molecule has 1 aromatic carbocycles. The molecule has 3 N–H and O–H groups in total. The number of methoxy groups -OCH3 is 1. The minimum absolute atomic E-state index is 0.00321. The van der Waals surface area contributed by atoms with Crippen molar-refractivity contribution in [2.75, 3.05) is 12.4 Å². The van der Waals surface area contributed by atoms with Gasteiger partial charge in [0.2, 0.25) is 5.82 Å². The van der Waals surface area contributed by atoms with Gasteiger partial charge in [0, 0.05) is 23.4 Å². The van der Waals surface area contributed by atoms with Crippen LogP contribution in [0.1, 0.15) is 49.2 Å². The van der Waals surface area contributed by atoms with Crippen LogP contribution in [0.15, 0.2) is 30.5 Å². The molecule has 1 aliphatic heterocycles. The first kappa shape index (κ1) is 22.6. The van der Waals surface area contributed by atoms with E-state index < -0.39 is 35.5 Å². The Bertz CT molecular complexity index is 1010. The molecule has 3 atom stereocenters. The number of hydrogen-bond donors (Lipinski definition) is 2. The van der Waals surface area contributed by atoms with Crippen LogP contribution in [0.4, 0.5) is 14.5 Å². The van der Waals surface area contributed by atoms with Crippen LogP contribution in [0.5, 0.6) is 5.75 Å². The summed E-state index contributed by atoms with van der Waals surface area (Å²) < 4.78 is 39.3. The van der Waals surface area contributed by atoms with Crippen molar-refractivity contribution in [2.45, 2.75) is 45.3 Å². The number of nitrogens with zero attached hydrogens (tertiary/aromatic N) is 1. The Morgan fingerprint density at radius 1 is 1.26 bits per heavy atom. The summed E-state index contributed by atoms with van der Waals surface area (Å²) in [4.78, 5) is 28.3. The van der Waals surface area contributed by atoms with Gasteiger partial charge < -0.3 is 20.5 Å². The lowest BCUT2D eigenvalue weighted by Crippen LogP contribution is -2.34. The Balaban J connectivity index is 1.96. The van der Waals surface area contributed by atoms with E-state index in [9.17, 15) is 18.4 Å². The molecule has 1 saturated heterocycles. The number of amides is 2. The molecule has 0 spiro atoms. The highest BCUT2D eigenvalue weighted by molar-refractivity contribution is 5.97. The predicted octanol–water partition coefficient (Wildman–Crippen LogP) is 3.39. The van der Waals surface area contributed by atoms with E-state index in [1.165, 1.54) is 31.5 Å². The normalized spacial score (nSPS) is 21.0. The van der Waals surface area contributed by atoms with Gasteiger partial charge in [0.05, 0.1) is 13.2 Å². The molecule has 31 heavy (non-hydrogen) atoms. The van der Waals surface area contributed by atoms with Crippen molar-refractivity contribution in [1.82, 2.24) is 4.98 Å². The number of pyridine rings is 1. The molecule has 2 aromatic rings. The molecule has 2 heterocycles. The van der Waals surface area contributed by atoms with E-state index in [2.05, 4.69) is 10.3 Å². The Morgan fingerprint density at radius 2 is 1.97 bits per heavy atom. The molecule has 0 saturated carbocycles. The van der Waals surface area contributed by atoms with Gasteiger partial charge in [0.15, 0.2) is 11.6 Å². The fourth-order valence-corrected chi connectivity index (χ4v) is 3.68. The molecule has 0 radical (unpaired) electrons. The first-order valence-corrected chi connectivity index (χ1v) is 9.77. The fraction of sp³-hybridized carbons (Fsp3) is 0.409. The van der Waals surface area contributed by atoms with Gasteiger partial charge in [0.1, 0.15) is 11.8 Å². The highest BCUT2D eigenvalue weighted by Crippen LogP contribution is 2.45. The number of anilines is 1. The van der Waals surface area contributed by atoms with E-state index in [4.69, 9.17) is 15.2 Å². The predicted molar refractivity (Wildman–Crippen MR) is 110 cm³/mol. The third-order valence-corrected chi connectivity index (χ3v) is 5.33. The molecule has 9 heteroatoms. The average molecular weight is 433 g/mol. The summed E-state index contributed by atoms with van der Waals surface area (Å²) >= 11 is 0. The number of carbonyl (C=O) groups is 2. The van der Waals surface area contributed by atoms with Crippen LogP contribution in [0.2, 0.25) is 0 Å². The van der Waals surface area contributed by atoms with Gasteiger partial charge in [-0.15, -0.1) is 0 Å². The first-order valence-electron chi connectivity index (χ1n) is 9.77. The monoisotopic (exact) mass is 433 g/mol. The number of hydrogen-bond acceptors (Lipinski definition) is 5. The van der Waals surface area contributed by atoms with E-state index in [1.807, 2.05) is 20.8 Å². The topological polar surface area (TPSA) is 104 Å². The van der Waals surface area contributed by atoms with Gasteiger partial charge in [-0.05, 0) is 30.0 Å². The van der Waals surface area contributed by atoms with Crippen molar-refractivity contribution in [3.63, 3.8) is 0 Å². The summed E-state index contributed by atoms with van der Waals surface area (Å²) in [6.45, 7) is 5.92. The maximum atomic E-state index is 14.4. The van der Waals surface area contributed by atoms with Crippen molar-refractivity contribution < 1.29 is 27.8 Å². The molecular formula is C22H25F2N3O4. The van der Waals surface area contributed by atoms with E-state index in [0.29, 0.717) is 17.7 Å². The number of benzene rings is 1. The number of halogens is 2. The summed E-state index contributed by atoms with van der Waals surface area (Å²) in [6.07, 6.45) is 0.447. The number of rotatable bonds is 5. The zero-order valence-corrected chi connectivity index (χ0v) is 17.7. The summed E-state index contributed by atoms with van der Waals surface area (Å²) in [6, 6.07) is 5.28. The zero-order chi connectivity index (χ0) is 22.9. The van der Waals surface area contributed by atoms with Crippen LogP contribution in [0, 0.1) is 17.0 Å². The van der Waals surface area contributed by atoms with Crippen molar-refractivity contribution >= 4 is 17.5 Å². The maximum Gasteiger partial charge on any atom is 0.267 e. The molecule has 0 aliphatic carbocycles. The second kappa shape index (κ2) is 8.58. The summed E-state index contributed by atoms with van der Waals surface area (Å²) in [5.74, 6) is -4.20. The third kappa shape index (κ3) is 4.66. The Kier molecular flexibility index (Phi) is 6.26. The quantitative estimate of drug-likeness (QED) is 0.752. The highest BCUT2D eigenvalue weighted by Gasteiger charge is 2.46. The van der Waals surface area contributed by atoms with E-state index in [0.717, 1.165) is 6.07 Å². The number of carbonyl (C=O) groups excluding carboxylic acids is 2. The van der Waals surface area contributed by atoms with E-state index in [1.54, 1.807) is 0 Å². The average Bonchev–Trinajstić information content (AvgIpc) is 3.16. The van der Waals surface area contributed by atoms with Crippen LogP contribution in [-0.2, 0) is 9.53 Å². The van der Waals surface area contributed by atoms with Crippen molar-refractivity contribution in [2.24, 2.45) is 11.1 Å². The lowest BCUT2D eigenvalue weighted by Gasteiger charge is -2.26. The van der Waals surface area contributed by atoms with Crippen LogP contribution < -0.4 is 15.8 Å². The SMILES string of the molecule is COc1c([C@@H]2C[C@H](C(C)(C)C)O[C@@H]2C(=O)Nc2ccnc(C(N)=O)c2)ccc(F)c1F. The van der Waals surface area contributed by atoms with Crippen LogP contribution >= 0.6 is 0 Å².